The fraction of sp³-hybridized carbons (Fsp3) is 0.333. The monoisotopic (exact) mass is 270 g/mol. The predicted molar refractivity (Wildman–Crippen MR) is 77.2 cm³/mol. The second-order valence-corrected chi connectivity index (χ2v) is 4.45. The molecule has 0 radical (unpaired) electrons. The first-order valence-corrected chi connectivity index (χ1v) is 6.66. The van der Waals surface area contributed by atoms with Gasteiger partial charge in [-0.15, -0.1) is 0 Å². The van der Waals surface area contributed by atoms with Gasteiger partial charge in [0.25, 0.3) is 0 Å². The fourth-order valence-electron chi connectivity index (χ4n) is 1.98. The second-order valence-electron chi connectivity index (χ2n) is 4.45. The lowest BCUT2D eigenvalue weighted by atomic mass is 10.2. The summed E-state index contributed by atoms with van der Waals surface area (Å²) in [5.41, 5.74) is 8.94. The van der Waals surface area contributed by atoms with Crippen LogP contribution in [-0.2, 0) is 19.6 Å². The molecule has 5 heteroatoms. The Hall–Kier alpha value is -2.48. The van der Waals surface area contributed by atoms with E-state index in [-0.39, 0.29) is 0 Å². The van der Waals surface area contributed by atoms with Gasteiger partial charge in [0.05, 0.1) is 28.7 Å². The number of rotatable bonds is 5. The molecule has 104 valence electrons. The zero-order valence-corrected chi connectivity index (χ0v) is 11.8. The molecule has 2 rings (SSSR count). The van der Waals surface area contributed by atoms with Gasteiger partial charge in [-0.3, -0.25) is 4.68 Å². The Morgan fingerprint density at radius 3 is 2.75 bits per heavy atom. The van der Waals surface area contributed by atoms with Crippen LogP contribution < -0.4 is 10.5 Å². The number of nitriles is 1. The molecule has 1 heterocycles. The number of aryl methyl sites for hydroxylation is 2. The van der Waals surface area contributed by atoms with Gasteiger partial charge in [0.15, 0.2) is 0 Å². The number of aromatic nitrogens is 2. The normalized spacial score (nSPS) is 10.2. The van der Waals surface area contributed by atoms with Crippen LogP contribution in [-0.4, -0.2) is 9.78 Å². The molecule has 0 aliphatic carbocycles. The summed E-state index contributed by atoms with van der Waals surface area (Å²) in [5, 5.41) is 13.3. The minimum Gasteiger partial charge on any atom is -0.485 e. The molecule has 0 unspecified atom stereocenters. The summed E-state index contributed by atoms with van der Waals surface area (Å²) in [6, 6.07) is 9.13. The second kappa shape index (κ2) is 6.11. The Balaban J connectivity index is 2.12. The van der Waals surface area contributed by atoms with Crippen LogP contribution in [0.3, 0.4) is 0 Å². The first kappa shape index (κ1) is 13.9. The average molecular weight is 270 g/mol. The number of anilines is 1. The number of hydrogen-bond donors (Lipinski definition) is 1. The van der Waals surface area contributed by atoms with E-state index < -0.39 is 0 Å². The molecular formula is C15H18N4O. The Morgan fingerprint density at radius 2 is 2.15 bits per heavy atom. The standard InChI is InChI=1S/C15H18N4O/c1-3-12-8-13(19(4-2)18-12)10-20-15-6-5-11(9-16)7-14(15)17/h5-8H,3-4,10,17H2,1-2H3. The Kier molecular flexibility index (Phi) is 4.26. The molecule has 0 aliphatic heterocycles. The third-order valence-electron chi connectivity index (χ3n) is 3.09. The van der Waals surface area contributed by atoms with Crippen LogP contribution in [0.25, 0.3) is 0 Å². The number of ether oxygens (including phenoxy) is 1. The highest BCUT2D eigenvalue weighted by Gasteiger charge is 2.08. The van der Waals surface area contributed by atoms with Crippen molar-refractivity contribution in [3.63, 3.8) is 0 Å². The summed E-state index contributed by atoms with van der Waals surface area (Å²) >= 11 is 0. The first-order chi connectivity index (χ1) is 9.67. The molecule has 1 aromatic carbocycles. The molecule has 0 atom stereocenters. The van der Waals surface area contributed by atoms with Crippen molar-refractivity contribution in [2.45, 2.75) is 33.4 Å². The average Bonchev–Trinajstić information content (AvgIpc) is 2.88. The van der Waals surface area contributed by atoms with E-state index >= 15 is 0 Å². The van der Waals surface area contributed by atoms with Crippen LogP contribution in [0.4, 0.5) is 5.69 Å². The highest BCUT2D eigenvalue weighted by Crippen LogP contribution is 2.23. The van der Waals surface area contributed by atoms with Gasteiger partial charge >= 0.3 is 0 Å². The van der Waals surface area contributed by atoms with E-state index in [0.29, 0.717) is 23.6 Å². The maximum Gasteiger partial charge on any atom is 0.142 e. The number of hydrogen-bond acceptors (Lipinski definition) is 4. The number of nitrogens with zero attached hydrogens (tertiary/aromatic N) is 3. The molecule has 20 heavy (non-hydrogen) atoms. The van der Waals surface area contributed by atoms with E-state index in [4.69, 9.17) is 15.7 Å². The van der Waals surface area contributed by atoms with Crippen molar-refractivity contribution in [3.05, 3.63) is 41.2 Å². The molecule has 0 saturated carbocycles. The molecule has 5 nitrogen and oxygen atoms in total. The zero-order valence-electron chi connectivity index (χ0n) is 11.8. The van der Waals surface area contributed by atoms with E-state index in [0.717, 1.165) is 24.4 Å². The van der Waals surface area contributed by atoms with Gasteiger partial charge < -0.3 is 10.5 Å². The number of nitrogen functional groups attached to an aromatic ring is 1. The minimum absolute atomic E-state index is 0.414. The van der Waals surface area contributed by atoms with Crippen molar-refractivity contribution < 1.29 is 4.74 Å². The van der Waals surface area contributed by atoms with Crippen LogP contribution in [0.5, 0.6) is 5.75 Å². The van der Waals surface area contributed by atoms with Gasteiger partial charge in [-0.25, -0.2) is 0 Å². The molecule has 0 spiro atoms. The highest BCUT2D eigenvalue weighted by molar-refractivity contribution is 5.56. The molecule has 0 fully saturated rings. The summed E-state index contributed by atoms with van der Waals surface area (Å²) in [5.74, 6) is 0.589. The van der Waals surface area contributed by atoms with E-state index in [9.17, 15) is 0 Å². The van der Waals surface area contributed by atoms with Crippen molar-refractivity contribution in [3.8, 4) is 11.8 Å². The van der Waals surface area contributed by atoms with Crippen LogP contribution in [0.1, 0.15) is 30.8 Å². The quantitative estimate of drug-likeness (QED) is 0.847. The Morgan fingerprint density at radius 1 is 1.35 bits per heavy atom. The smallest absolute Gasteiger partial charge is 0.142 e. The lowest BCUT2D eigenvalue weighted by Crippen LogP contribution is -2.07. The summed E-state index contributed by atoms with van der Waals surface area (Å²) in [7, 11) is 0. The molecule has 2 N–H and O–H groups in total. The van der Waals surface area contributed by atoms with Crippen molar-refractivity contribution in [1.82, 2.24) is 9.78 Å². The van der Waals surface area contributed by atoms with Gasteiger partial charge in [0, 0.05) is 6.54 Å². The Bertz CT molecular complexity index is 640. The maximum atomic E-state index is 8.80. The third-order valence-corrected chi connectivity index (χ3v) is 3.09. The molecule has 0 aliphatic rings. The topological polar surface area (TPSA) is 76.9 Å². The zero-order chi connectivity index (χ0) is 14.5. The third kappa shape index (κ3) is 2.91. The number of nitrogens with two attached hydrogens (primary N) is 1. The Labute approximate surface area is 118 Å². The maximum absolute atomic E-state index is 8.80. The summed E-state index contributed by atoms with van der Waals surface area (Å²) in [6.45, 7) is 5.34. The lowest BCUT2D eigenvalue weighted by molar-refractivity contribution is 0.294. The van der Waals surface area contributed by atoms with Crippen molar-refractivity contribution in [2.75, 3.05) is 5.73 Å². The van der Waals surface area contributed by atoms with Crippen LogP contribution in [0, 0.1) is 11.3 Å². The molecule has 0 amide bonds. The SMILES string of the molecule is CCc1cc(COc2ccc(C#N)cc2N)n(CC)n1. The van der Waals surface area contributed by atoms with Crippen LogP contribution in [0.2, 0.25) is 0 Å². The summed E-state index contributed by atoms with van der Waals surface area (Å²) in [4.78, 5) is 0. The predicted octanol–water partition coefficient (Wildman–Crippen LogP) is 2.50. The highest BCUT2D eigenvalue weighted by atomic mass is 16.5. The van der Waals surface area contributed by atoms with Gasteiger partial charge in [-0.05, 0) is 37.6 Å². The molecule has 1 aromatic heterocycles. The van der Waals surface area contributed by atoms with Crippen molar-refractivity contribution in [2.24, 2.45) is 0 Å². The molecule has 0 bridgehead atoms. The first-order valence-electron chi connectivity index (χ1n) is 6.66. The van der Waals surface area contributed by atoms with Gasteiger partial charge in [0.1, 0.15) is 12.4 Å². The van der Waals surface area contributed by atoms with Gasteiger partial charge in [0.2, 0.25) is 0 Å². The molecule has 2 aromatic rings. The van der Waals surface area contributed by atoms with Gasteiger partial charge in [-0.1, -0.05) is 6.92 Å². The number of benzene rings is 1. The van der Waals surface area contributed by atoms with Crippen molar-refractivity contribution in [1.29, 1.82) is 5.26 Å². The molecule has 0 saturated heterocycles. The van der Waals surface area contributed by atoms with Crippen LogP contribution >= 0.6 is 0 Å². The fourth-order valence-corrected chi connectivity index (χ4v) is 1.98. The van der Waals surface area contributed by atoms with E-state index in [1.165, 1.54) is 0 Å². The van der Waals surface area contributed by atoms with E-state index in [2.05, 4.69) is 12.0 Å². The van der Waals surface area contributed by atoms with E-state index in [1.54, 1.807) is 18.2 Å². The lowest BCUT2D eigenvalue weighted by Gasteiger charge is -2.09. The minimum atomic E-state index is 0.414. The van der Waals surface area contributed by atoms with E-state index in [1.807, 2.05) is 23.7 Å². The molecular weight excluding hydrogens is 252 g/mol. The summed E-state index contributed by atoms with van der Waals surface area (Å²) < 4.78 is 7.66. The van der Waals surface area contributed by atoms with Crippen LogP contribution in [0.15, 0.2) is 24.3 Å². The van der Waals surface area contributed by atoms with Crippen molar-refractivity contribution >= 4 is 5.69 Å². The largest absolute Gasteiger partial charge is 0.485 e. The van der Waals surface area contributed by atoms with Gasteiger partial charge in [-0.2, -0.15) is 10.4 Å². The summed E-state index contributed by atoms with van der Waals surface area (Å²) in [6.07, 6.45) is 0.902.